The third-order valence-electron chi connectivity index (χ3n) is 2.37. The predicted octanol–water partition coefficient (Wildman–Crippen LogP) is 3.34. The smallest absolute Gasteiger partial charge is 0.0377 e. The molecule has 0 spiro atoms. The van der Waals surface area contributed by atoms with Gasteiger partial charge in [0.05, 0.1) is 0 Å². The molecule has 0 N–H and O–H groups in total. The summed E-state index contributed by atoms with van der Waals surface area (Å²) in [5.41, 5.74) is 3.21. The summed E-state index contributed by atoms with van der Waals surface area (Å²) in [6, 6.07) is 3.98. The summed E-state index contributed by atoms with van der Waals surface area (Å²) < 4.78 is 0. The molecular weight excluding hydrogens is 196 g/mol. The summed E-state index contributed by atoms with van der Waals surface area (Å²) in [4.78, 5) is 6.12. The fourth-order valence-electron chi connectivity index (χ4n) is 1.55. The molecule has 0 saturated heterocycles. The Morgan fingerprint density at radius 2 is 2.25 bits per heavy atom. The van der Waals surface area contributed by atoms with E-state index in [1.165, 1.54) is 0 Å². The van der Waals surface area contributed by atoms with E-state index in [0.29, 0.717) is 0 Å². The van der Waals surface area contributed by atoms with Gasteiger partial charge < -0.3 is 4.90 Å². The highest BCUT2D eigenvalue weighted by molar-refractivity contribution is 5.75. The molecule has 0 aromatic carbocycles. The Morgan fingerprint density at radius 3 is 2.94 bits per heavy atom. The number of pyridine rings is 1. The Morgan fingerprint density at radius 1 is 1.38 bits per heavy atom. The predicted molar refractivity (Wildman–Crippen MR) is 67.1 cm³/mol. The van der Waals surface area contributed by atoms with E-state index in [4.69, 9.17) is 0 Å². The molecule has 1 aliphatic heterocycles. The number of nitrogens with zero attached hydrogens (tertiary/aromatic N) is 2. The van der Waals surface area contributed by atoms with E-state index in [1.807, 2.05) is 48.5 Å². The highest BCUT2D eigenvalue weighted by Crippen LogP contribution is 2.23. The molecule has 1 aliphatic rings. The molecule has 16 heavy (non-hydrogen) atoms. The van der Waals surface area contributed by atoms with Crippen molar-refractivity contribution in [3.63, 3.8) is 0 Å². The second kappa shape index (κ2) is 4.62. The summed E-state index contributed by atoms with van der Waals surface area (Å²) >= 11 is 0. The minimum absolute atomic E-state index is 0.964. The van der Waals surface area contributed by atoms with Crippen LogP contribution in [0.4, 0.5) is 0 Å². The van der Waals surface area contributed by atoms with Crippen LogP contribution in [0.15, 0.2) is 67.4 Å². The first-order valence-electron chi connectivity index (χ1n) is 5.21. The van der Waals surface area contributed by atoms with Crippen LogP contribution < -0.4 is 0 Å². The first kappa shape index (κ1) is 10.4. The maximum absolute atomic E-state index is 4.12. The van der Waals surface area contributed by atoms with Gasteiger partial charge in [0.15, 0.2) is 0 Å². The van der Waals surface area contributed by atoms with Crippen LogP contribution in [0.5, 0.6) is 0 Å². The zero-order chi connectivity index (χ0) is 11.4. The van der Waals surface area contributed by atoms with Crippen molar-refractivity contribution < 1.29 is 0 Å². The third-order valence-corrected chi connectivity index (χ3v) is 2.37. The molecule has 2 heteroatoms. The summed E-state index contributed by atoms with van der Waals surface area (Å²) in [6.07, 6.45) is 13.7. The largest absolute Gasteiger partial charge is 0.324 e. The van der Waals surface area contributed by atoms with Crippen molar-refractivity contribution >= 4 is 5.57 Å². The van der Waals surface area contributed by atoms with Crippen LogP contribution in [0, 0.1) is 0 Å². The lowest BCUT2D eigenvalue weighted by molar-refractivity contribution is 0.651. The second-order valence-corrected chi connectivity index (χ2v) is 3.54. The van der Waals surface area contributed by atoms with Crippen molar-refractivity contribution in [1.29, 1.82) is 0 Å². The minimum Gasteiger partial charge on any atom is -0.324 e. The number of hydrogen-bond acceptors (Lipinski definition) is 2. The lowest BCUT2D eigenvalue weighted by Crippen LogP contribution is -2.10. The van der Waals surface area contributed by atoms with Crippen LogP contribution in [0.1, 0.15) is 12.5 Å². The molecule has 2 heterocycles. The first-order chi connectivity index (χ1) is 7.81. The fourth-order valence-corrected chi connectivity index (χ4v) is 1.55. The molecule has 2 nitrogen and oxygen atoms in total. The zero-order valence-electron chi connectivity index (χ0n) is 9.30. The molecule has 0 amide bonds. The number of aromatic nitrogens is 1. The zero-order valence-corrected chi connectivity index (χ0v) is 9.30. The molecule has 80 valence electrons. The van der Waals surface area contributed by atoms with E-state index in [2.05, 4.69) is 23.8 Å². The van der Waals surface area contributed by atoms with Crippen molar-refractivity contribution in [2.45, 2.75) is 6.92 Å². The SMILES string of the molecule is C=C1C=CC(c2cccnc2)=CN1/C=C\C. The summed E-state index contributed by atoms with van der Waals surface area (Å²) in [5.74, 6) is 0. The molecule has 0 radical (unpaired) electrons. The second-order valence-electron chi connectivity index (χ2n) is 3.54. The molecule has 1 aromatic heterocycles. The van der Waals surface area contributed by atoms with Crippen molar-refractivity contribution in [3.8, 4) is 0 Å². The van der Waals surface area contributed by atoms with Gasteiger partial charge in [-0.05, 0) is 24.6 Å². The van der Waals surface area contributed by atoms with Crippen molar-refractivity contribution in [3.05, 3.63) is 73.0 Å². The van der Waals surface area contributed by atoms with E-state index < -0.39 is 0 Å². The molecular formula is C14H14N2. The molecule has 0 atom stereocenters. The molecule has 0 saturated carbocycles. The summed E-state index contributed by atoms with van der Waals surface area (Å²) in [6.45, 7) is 5.96. The fraction of sp³-hybridized carbons (Fsp3) is 0.0714. The third kappa shape index (κ3) is 2.11. The van der Waals surface area contributed by atoms with Gasteiger partial charge >= 0.3 is 0 Å². The summed E-state index contributed by atoms with van der Waals surface area (Å²) in [7, 11) is 0. The summed E-state index contributed by atoms with van der Waals surface area (Å²) in [5, 5.41) is 0. The normalized spacial score (nSPS) is 15.7. The number of hydrogen-bond donors (Lipinski definition) is 0. The van der Waals surface area contributed by atoms with Crippen LogP contribution in [0.3, 0.4) is 0 Å². The molecule has 0 unspecified atom stereocenters. The highest BCUT2D eigenvalue weighted by atomic mass is 15.1. The minimum atomic E-state index is 0.964. The van der Waals surface area contributed by atoms with Gasteiger partial charge in [-0.15, -0.1) is 0 Å². The van der Waals surface area contributed by atoms with E-state index in [9.17, 15) is 0 Å². The van der Waals surface area contributed by atoms with Gasteiger partial charge in [0.2, 0.25) is 0 Å². The van der Waals surface area contributed by atoms with Crippen LogP contribution in [-0.4, -0.2) is 9.88 Å². The Balaban J connectivity index is 2.33. The number of allylic oxidation sites excluding steroid dienone is 4. The van der Waals surface area contributed by atoms with Crippen LogP contribution in [0.2, 0.25) is 0 Å². The quantitative estimate of drug-likeness (QED) is 0.744. The van der Waals surface area contributed by atoms with Crippen molar-refractivity contribution in [2.75, 3.05) is 0 Å². The van der Waals surface area contributed by atoms with E-state index in [0.717, 1.165) is 16.8 Å². The lowest BCUT2D eigenvalue weighted by atomic mass is 10.1. The number of rotatable bonds is 2. The average molecular weight is 210 g/mol. The Bertz CT molecular complexity index is 467. The van der Waals surface area contributed by atoms with E-state index in [1.54, 1.807) is 6.20 Å². The standard InChI is InChI=1S/C14H14N2/c1-3-9-16-11-14(7-6-12(16)2)13-5-4-8-15-10-13/h3-11H,2H2,1H3/b9-3-. The van der Waals surface area contributed by atoms with Crippen molar-refractivity contribution in [1.82, 2.24) is 9.88 Å². The molecule has 1 aromatic rings. The first-order valence-corrected chi connectivity index (χ1v) is 5.21. The van der Waals surface area contributed by atoms with Crippen LogP contribution in [0.25, 0.3) is 5.57 Å². The van der Waals surface area contributed by atoms with Gasteiger partial charge in [-0.3, -0.25) is 4.98 Å². The highest BCUT2D eigenvalue weighted by Gasteiger charge is 2.07. The monoisotopic (exact) mass is 210 g/mol. The molecule has 0 bridgehead atoms. The Hall–Kier alpha value is -2.09. The maximum Gasteiger partial charge on any atom is 0.0377 e. The Kier molecular flexibility index (Phi) is 3.01. The maximum atomic E-state index is 4.12. The van der Waals surface area contributed by atoms with E-state index in [-0.39, 0.29) is 0 Å². The van der Waals surface area contributed by atoms with E-state index >= 15 is 0 Å². The van der Waals surface area contributed by atoms with Crippen molar-refractivity contribution in [2.24, 2.45) is 0 Å². The van der Waals surface area contributed by atoms with Gasteiger partial charge in [0.25, 0.3) is 0 Å². The molecule has 0 aliphatic carbocycles. The molecule has 0 fully saturated rings. The van der Waals surface area contributed by atoms with Gasteiger partial charge in [0, 0.05) is 36.1 Å². The van der Waals surface area contributed by atoms with Gasteiger partial charge in [-0.25, -0.2) is 0 Å². The van der Waals surface area contributed by atoms with Gasteiger partial charge in [0.1, 0.15) is 0 Å². The topological polar surface area (TPSA) is 16.1 Å². The Labute approximate surface area is 95.9 Å². The van der Waals surface area contributed by atoms with Gasteiger partial charge in [-0.2, -0.15) is 0 Å². The average Bonchev–Trinajstić information content (AvgIpc) is 2.33. The van der Waals surface area contributed by atoms with Gasteiger partial charge in [-0.1, -0.05) is 24.8 Å². The van der Waals surface area contributed by atoms with Crippen LogP contribution in [-0.2, 0) is 0 Å². The molecule has 2 rings (SSSR count). The lowest BCUT2D eigenvalue weighted by Gasteiger charge is -2.21. The van der Waals surface area contributed by atoms with Crippen LogP contribution >= 0.6 is 0 Å².